The number of carboxylic acid groups (broad SMARTS) is 1. The second-order valence-electron chi connectivity index (χ2n) is 13.0. The first-order chi connectivity index (χ1) is 24.8. The molecule has 0 radical (unpaired) electrons. The molecule has 0 aromatic heterocycles. The Balaban J connectivity index is 0.000000785. The molecule has 4 aromatic rings. The molecule has 2 atom stereocenters. The summed E-state index contributed by atoms with van der Waals surface area (Å²) in [6, 6.07) is 30.9. The van der Waals surface area contributed by atoms with E-state index in [4.69, 9.17) is 15.6 Å². The molecule has 0 heterocycles. The van der Waals surface area contributed by atoms with Gasteiger partial charge in [-0.2, -0.15) is 13.2 Å². The second-order valence-corrected chi connectivity index (χ2v) is 13.9. The van der Waals surface area contributed by atoms with Crippen LogP contribution in [0.1, 0.15) is 52.7 Å². The molecule has 5 rings (SSSR count). The van der Waals surface area contributed by atoms with Crippen molar-refractivity contribution in [2.45, 2.75) is 51.2 Å². The molecule has 5 N–H and O–H groups in total. The van der Waals surface area contributed by atoms with Crippen LogP contribution in [0.4, 0.5) is 13.2 Å². The van der Waals surface area contributed by atoms with Crippen molar-refractivity contribution in [1.82, 2.24) is 10.2 Å². The number of benzene rings is 4. The number of phenols is 1. The Labute approximate surface area is 310 Å². The number of rotatable bonds is 12. The van der Waals surface area contributed by atoms with Gasteiger partial charge >= 0.3 is 12.1 Å². The van der Waals surface area contributed by atoms with Crippen molar-refractivity contribution in [3.63, 3.8) is 0 Å². The van der Waals surface area contributed by atoms with Crippen LogP contribution in [0, 0.1) is 11.8 Å². The van der Waals surface area contributed by atoms with Crippen LogP contribution in [0.5, 0.6) is 5.75 Å². The Morgan fingerprint density at radius 3 is 2.15 bits per heavy atom. The molecule has 0 saturated heterocycles. The summed E-state index contributed by atoms with van der Waals surface area (Å²) in [5.74, 6) is -1.49. The zero-order chi connectivity index (χ0) is 37.7. The van der Waals surface area contributed by atoms with Gasteiger partial charge in [0.1, 0.15) is 5.75 Å². The molecular formula is C40H43BrF3N3O5. The molecule has 276 valence electrons. The van der Waals surface area contributed by atoms with Crippen molar-refractivity contribution in [2.24, 2.45) is 17.6 Å². The van der Waals surface area contributed by atoms with E-state index in [1.807, 2.05) is 83.8 Å². The van der Waals surface area contributed by atoms with Crippen molar-refractivity contribution in [1.29, 1.82) is 0 Å². The first-order valence-corrected chi connectivity index (χ1v) is 17.9. The van der Waals surface area contributed by atoms with E-state index in [1.165, 1.54) is 12.8 Å². The number of phenolic OH excluding ortho intramolecular Hbond substituents is 1. The summed E-state index contributed by atoms with van der Waals surface area (Å²) in [4.78, 5) is 37.5. The molecule has 1 aliphatic rings. The molecule has 0 aliphatic heterocycles. The molecule has 2 unspecified atom stereocenters. The molecule has 52 heavy (non-hydrogen) atoms. The molecule has 8 nitrogen and oxygen atoms in total. The van der Waals surface area contributed by atoms with E-state index in [0.717, 1.165) is 51.7 Å². The standard InChI is InChI=1S/C38H42BrN3O3.C2HF3O2/c39-35-12-3-5-28(21-35)22-37(44)42(18-17-27-13-15-36(43)16-14-27)26-31-8-2-9-32(20-31)33-10-4-11-34(23-33)38(45)41-25-30-7-1-6-29(19-30)24-40;3-2(4,5)1(6)7/h2-5,8-16,20-21,23,29-30,43H,1,6-7,17-19,22,24-26,40H2,(H,41,45);(H,6,7). The molecule has 1 saturated carbocycles. The van der Waals surface area contributed by atoms with Gasteiger partial charge in [-0.25, -0.2) is 4.79 Å². The zero-order valence-electron chi connectivity index (χ0n) is 28.6. The van der Waals surface area contributed by atoms with Gasteiger partial charge in [-0.1, -0.05) is 76.9 Å². The first-order valence-electron chi connectivity index (χ1n) is 17.1. The third-order valence-corrected chi connectivity index (χ3v) is 9.47. The second kappa shape index (κ2) is 19.2. The maximum absolute atomic E-state index is 13.6. The number of nitrogens with zero attached hydrogens (tertiary/aromatic N) is 1. The number of amides is 2. The van der Waals surface area contributed by atoms with Gasteiger partial charge in [0.2, 0.25) is 5.91 Å². The lowest BCUT2D eigenvalue weighted by Gasteiger charge is -2.28. The van der Waals surface area contributed by atoms with Crippen LogP contribution in [-0.4, -0.2) is 58.7 Å². The van der Waals surface area contributed by atoms with E-state index in [2.05, 4.69) is 27.3 Å². The van der Waals surface area contributed by atoms with Gasteiger partial charge in [-0.05, 0) is 114 Å². The Morgan fingerprint density at radius 1 is 0.846 bits per heavy atom. The van der Waals surface area contributed by atoms with Crippen molar-refractivity contribution in [3.05, 3.63) is 124 Å². The summed E-state index contributed by atoms with van der Waals surface area (Å²) in [5, 5.41) is 20.0. The molecule has 0 bridgehead atoms. The van der Waals surface area contributed by atoms with Crippen LogP contribution in [0.2, 0.25) is 0 Å². The van der Waals surface area contributed by atoms with Gasteiger partial charge in [-0.15, -0.1) is 0 Å². The van der Waals surface area contributed by atoms with E-state index in [-0.39, 0.29) is 17.6 Å². The third kappa shape index (κ3) is 12.8. The van der Waals surface area contributed by atoms with Crippen LogP contribution in [0.25, 0.3) is 11.1 Å². The van der Waals surface area contributed by atoms with Crippen LogP contribution >= 0.6 is 15.9 Å². The van der Waals surface area contributed by atoms with E-state index < -0.39 is 12.1 Å². The Morgan fingerprint density at radius 2 is 1.48 bits per heavy atom. The van der Waals surface area contributed by atoms with Crippen LogP contribution in [-0.2, 0) is 29.0 Å². The first kappa shape index (κ1) is 40.1. The van der Waals surface area contributed by atoms with Crippen LogP contribution in [0.3, 0.4) is 0 Å². The van der Waals surface area contributed by atoms with Crippen LogP contribution in [0.15, 0.2) is 102 Å². The highest BCUT2D eigenvalue weighted by Gasteiger charge is 2.38. The Hall–Kier alpha value is -4.68. The average Bonchev–Trinajstić information content (AvgIpc) is 3.13. The van der Waals surface area contributed by atoms with Crippen molar-refractivity contribution in [2.75, 3.05) is 19.6 Å². The molecule has 1 aliphatic carbocycles. The largest absolute Gasteiger partial charge is 0.508 e. The summed E-state index contributed by atoms with van der Waals surface area (Å²) >= 11 is 3.51. The maximum atomic E-state index is 13.6. The van der Waals surface area contributed by atoms with Gasteiger partial charge in [0.15, 0.2) is 0 Å². The lowest BCUT2D eigenvalue weighted by Crippen LogP contribution is -2.33. The van der Waals surface area contributed by atoms with Gasteiger partial charge in [0, 0.05) is 29.7 Å². The van der Waals surface area contributed by atoms with Crippen molar-refractivity contribution >= 4 is 33.7 Å². The number of hydrogen-bond acceptors (Lipinski definition) is 5. The lowest BCUT2D eigenvalue weighted by atomic mass is 9.81. The normalized spacial score (nSPS) is 15.6. The van der Waals surface area contributed by atoms with Crippen molar-refractivity contribution < 1.29 is 37.8 Å². The topological polar surface area (TPSA) is 133 Å². The predicted octanol–water partition coefficient (Wildman–Crippen LogP) is 7.76. The monoisotopic (exact) mass is 781 g/mol. The third-order valence-electron chi connectivity index (χ3n) is 8.98. The quantitative estimate of drug-likeness (QED) is 0.116. The van der Waals surface area contributed by atoms with Gasteiger partial charge in [0.05, 0.1) is 6.42 Å². The van der Waals surface area contributed by atoms with E-state index >= 15 is 0 Å². The number of aliphatic carboxylic acids is 1. The molecule has 0 spiro atoms. The fourth-order valence-corrected chi connectivity index (χ4v) is 6.65. The minimum atomic E-state index is -5.08. The predicted molar refractivity (Wildman–Crippen MR) is 197 cm³/mol. The number of carbonyl (C=O) groups excluding carboxylic acids is 2. The highest BCUT2D eigenvalue weighted by molar-refractivity contribution is 9.10. The highest BCUT2D eigenvalue weighted by Crippen LogP contribution is 2.28. The van der Waals surface area contributed by atoms with Crippen LogP contribution < -0.4 is 11.1 Å². The molecule has 4 aromatic carbocycles. The Bertz CT molecular complexity index is 1800. The number of carboxylic acids is 1. The van der Waals surface area contributed by atoms with E-state index in [1.54, 1.807) is 12.1 Å². The number of nitrogens with one attached hydrogen (secondary N) is 1. The fourth-order valence-electron chi connectivity index (χ4n) is 6.20. The number of alkyl halides is 3. The number of halogens is 4. The molecule has 1 fully saturated rings. The minimum absolute atomic E-state index is 0.0479. The van der Waals surface area contributed by atoms with Crippen molar-refractivity contribution in [3.8, 4) is 16.9 Å². The number of hydrogen-bond donors (Lipinski definition) is 4. The summed E-state index contributed by atoms with van der Waals surface area (Å²) in [5.41, 5.74) is 11.5. The molecular weight excluding hydrogens is 739 g/mol. The summed E-state index contributed by atoms with van der Waals surface area (Å²) in [6.07, 6.45) is 0.492. The molecule has 2 amide bonds. The van der Waals surface area contributed by atoms with Gasteiger partial charge < -0.3 is 26.2 Å². The van der Waals surface area contributed by atoms with Gasteiger partial charge in [-0.3, -0.25) is 9.59 Å². The number of aromatic hydroxyl groups is 1. The van der Waals surface area contributed by atoms with E-state index in [9.17, 15) is 27.9 Å². The summed E-state index contributed by atoms with van der Waals surface area (Å²) in [6.45, 7) is 2.42. The zero-order valence-corrected chi connectivity index (χ0v) is 30.2. The minimum Gasteiger partial charge on any atom is -0.508 e. The maximum Gasteiger partial charge on any atom is 0.490 e. The highest BCUT2D eigenvalue weighted by atomic mass is 79.9. The van der Waals surface area contributed by atoms with Gasteiger partial charge in [0.25, 0.3) is 5.91 Å². The summed E-state index contributed by atoms with van der Waals surface area (Å²) < 4.78 is 32.7. The smallest absolute Gasteiger partial charge is 0.490 e. The Kier molecular flexibility index (Phi) is 14.8. The number of carbonyl (C=O) groups is 3. The number of nitrogens with two attached hydrogens (primary N) is 1. The summed E-state index contributed by atoms with van der Waals surface area (Å²) in [7, 11) is 0. The average molecular weight is 783 g/mol. The molecule has 12 heteroatoms. The SMILES string of the molecule is NCC1CCCC(CNC(=O)c2cccc(-c3cccc(CN(CCc4ccc(O)cc4)C(=O)Cc4cccc(Br)c4)c3)c2)C1.O=C(O)C(F)(F)F. The van der Waals surface area contributed by atoms with E-state index in [0.29, 0.717) is 49.9 Å². The lowest BCUT2D eigenvalue weighted by molar-refractivity contribution is -0.192. The fraction of sp³-hybridized carbons (Fsp3) is 0.325.